The van der Waals surface area contributed by atoms with Crippen molar-refractivity contribution in [1.29, 1.82) is 0 Å². The van der Waals surface area contributed by atoms with Crippen LogP contribution in [0.4, 0.5) is 8.78 Å². The Hall–Kier alpha value is -0.400. The maximum Gasteiger partial charge on any atom is 0.247 e. The van der Waals surface area contributed by atoms with E-state index >= 15 is 0 Å². The normalized spacial score (nSPS) is 22.0. The Bertz CT molecular complexity index is 155. The summed E-state index contributed by atoms with van der Waals surface area (Å²) in [7, 11) is 0. The van der Waals surface area contributed by atoms with Crippen LogP contribution in [0.15, 0.2) is 12.2 Å². The van der Waals surface area contributed by atoms with Gasteiger partial charge in [-0.25, -0.2) is 8.78 Å². The number of allylic oxidation sites excluding steroid dienone is 2. The Morgan fingerprint density at radius 2 is 1.82 bits per heavy atom. The highest BCUT2D eigenvalue weighted by molar-refractivity contribution is 5.11. The van der Waals surface area contributed by atoms with Gasteiger partial charge in [-0.1, -0.05) is 26.0 Å². The molecule has 1 fully saturated rings. The van der Waals surface area contributed by atoms with Gasteiger partial charge in [0.1, 0.15) is 0 Å². The van der Waals surface area contributed by atoms with E-state index in [2.05, 4.69) is 0 Å². The van der Waals surface area contributed by atoms with Crippen LogP contribution in [0.5, 0.6) is 0 Å². The first-order valence-corrected chi connectivity index (χ1v) is 4.04. The summed E-state index contributed by atoms with van der Waals surface area (Å²) in [4.78, 5) is 0. The second-order valence-electron chi connectivity index (χ2n) is 3.64. The third kappa shape index (κ3) is 2.01. The van der Waals surface area contributed by atoms with Crippen molar-refractivity contribution in [1.82, 2.24) is 0 Å². The van der Waals surface area contributed by atoms with E-state index in [9.17, 15) is 8.78 Å². The average molecular weight is 160 g/mol. The topological polar surface area (TPSA) is 0 Å². The largest absolute Gasteiger partial charge is 0.247 e. The van der Waals surface area contributed by atoms with Gasteiger partial charge in [-0.3, -0.25) is 0 Å². The van der Waals surface area contributed by atoms with E-state index in [-0.39, 0.29) is 0 Å². The second kappa shape index (κ2) is 2.92. The predicted molar refractivity (Wildman–Crippen MR) is 41.6 cm³/mol. The van der Waals surface area contributed by atoms with E-state index in [0.29, 0.717) is 18.8 Å². The van der Waals surface area contributed by atoms with Crippen molar-refractivity contribution in [3.05, 3.63) is 12.2 Å². The fourth-order valence-corrected chi connectivity index (χ4v) is 0.986. The minimum absolute atomic E-state index is 0.381. The molecule has 0 bridgehead atoms. The van der Waals surface area contributed by atoms with Crippen LogP contribution in [0.3, 0.4) is 0 Å². The molecule has 0 N–H and O–H groups in total. The molecule has 64 valence electrons. The van der Waals surface area contributed by atoms with Crippen molar-refractivity contribution in [2.75, 3.05) is 0 Å². The lowest BCUT2D eigenvalue weighted by molar-refractivity contribution is 0.0871. The maximum absolute atomic E-state index is 12.3. The van der Waals surface area contributed by atoms with E-state index < -0.39 is 11.8 Å². The monoisotopic (exact) mass is 160 g/mol. The van der Waals surface area contributed by atoms with Gasteiger partial charge in [0.25, 0.3) is 0 Å². The third-order valence-corrected chi connectivity index (χ3v) is 2.07. The molecular formula is C9H14F2. The number of hydrogen-bond donors (Lipinski definition) is 0. The molecule has 0 radical (unpaired) electrons. The fourth-order valence-electron chi connectivity index (χ4n) is 0.986. The molecule has 0 aromatic heterocycles. The second-order valence-corrected chi connectivity index (χ2v) is 3.64. The van der Waals surface area contributed by atoms with E-state index in [0.717, 1.165) is 0 Å². The number of hydrogen-bond acceptors (Lipinski definition) is 0. The van der Waals surface area contributed by atoms with E-state index in [1.165, 1.54) is 0 Å². The molecule has 0 amide bonds. The van der Waals surface area contributed by atoms with Crippen LogP contribution in [0.25, 0.3) is 0 Å². The molecule has 0 aromatic rings. The van der Waals surface area contributed by atoms with Crippen molar-refractivity contribution >= 4 is 0 Å². The van der Waals surface area contributed by atoms with Crippen LogP contribution in [-0.4, -0.2) is 6.43 Å². The molecule has 1 aliphatic rings. The molecule has 0 spiro atoms. The van der Waals surface area contributed by atoms with Gasteiger partial charge in [0.15, 0.2) is 0 Å². The van der Waals surface area contributed by atoms with Crippen molar-refractivity contribution in [2.24, 2.45) is 11.3 Å². The van der Waals surface area contributed by atoms with E-state index in [4.69, 9.17) is 0 Å². The molecule has 1 saturated carbocycles. The predicted octanol–water partition coefficient (Wildman–Crippen LogP) is 3.24. The maximum atomic E-state index is 12.3. The molecule has 0 aromatic carbocycles. The first-order chi connectivity index (χ1) is 5.07. The Morgan fingerprint density at radius 3 is 2.09 bits per heavy atom. The minimum atomic E-state index is -2.17. The van der Waals surface area contributed by atoms with Crippen LogP contribution in [0.1, 0.15) is 26.7 Å². The average Bonchev–Trinajstić information content (AvgIpc) is 2.63. The summed E-state index contributed by atoms with van der Waals surface area (Å²) in [5, 5.41) is 0. The summed E-state index contributed by atoms with van der Waals surface area (Å²) in [6, 6.07) is 0. The van der Waals surface area contributed by atoms with E-state index in [1.807, 2.05) is 19.9 Å². The third-order valence-electron chi connectivity index (χ3n) is 2.07. The Labute approximate surface area is 66.3 Å². The summed E-state index contributed by atoms with van der Waals surface area (Å²) in [6.07, 6.45) is 2.72. The van der Waals surface area contributed by atoms with Gasteiger partial charge in [-0.05, 0) is 18.8 Å². The summed E-state index contributed by atoms with van der Waals surface area (Å²) in [6.45, 7) is 4.00. The summed E-state index contributed by atoms with van der Waals surface area (Å²) in [5.74, 6) is 0.381. The highest BCUT2D eigenvalue weighted by atomic mass is 19.3. The lowest BCUT2D eigenvalue weighted by Crippen LogP contribution is -2.08. The van der Waals surface area contributed by atoms with Crippen LogP contribution in [-0.2, 0) is 0 Å². The van der Waals surface area contributed by atoms with Crippen molar-refractivity contribution in [2.45, 2.75) is 33.1 Å². The SMILES string of the molecule is CC(C)C=CC1(C(F)F)CC1. The Balaban J connectivity index is 2.47. The number of rotatable bonds is 3. The summed E-state index contributed by atoms with van der Waals surface area (Å²) < 4.78 is 24.5. The van der Waals surface area contributed by atoms with Crippen LogP contribution in [0.2, 0.25) is 0 Å². The van der Waals surface area contributed by atoms with Crippen molar-refractivity contribution in [3.8, 4) is 0 Å². The van der Waals surface area contributed by atoms with Gasteiger partial charge in [-0.2, -0.15) is 0 Å². The molecule has 0 atom stereocenters. The van der Waals surface area contributed by atoms with Crippen LogP contribution >= 0.6 is 0 Å². The molecule has 1 aliphatic carbocycles. The van der Waals surface area contributed by atoms with Gasteiger partial charge in [0, 0.05) is 5.41 Å². The van der Waals surface area contributed by atoms with Crippen LogP contribution in [0, 0.1) is 11.3 Å². The quantitative estimate of drug-likeness (QED) is 0.556. The van der Waals surface area contributed by atoms with Gasteiger partial charge < -0.3 is 0 Å². The molecule has 1 rings (SSSR count). The zero-order chi connectivity index (χ0) is 8.48. The molecule has 0 nitrogen and oxygen atoms in total. The van der Waals surface area contributed by atoms with Gasteiger partial charge in [0.2, 0.25) is 6.43 Å². The Morgan fingerprint density at radius 1 is 1.27 bits per heavy atom. The molecule has 0 saturated heterocycles. The van der Waals surface area contributed by atoms with E-state index in [1.54, 1.807) is 6.08 Å². The van der Waals surface area contributed by atoms with Gasteiger partial charge >= 0.3 is 0 Å². The summed E-state index contributed by atoms with van der Waals surface area (Å²) in [5.41, 5.74) is -0.732. The van der Waals surface area contributed by atoms with Gasteiger partial charge in [0.05, 0.1) is 0 Å². The van der Waals surface area contributed by atoms with Crippen molar-refractivity contribution < 1.29 is 8.78 Å². The number of alkyl halides is 2. The highest BCUT2D eigenvalue weighted by Crippen LogP contribution is 2.52. The minimum Gasteiger partial charge on any atom is -0.210 e. The summed E-state index contributed by atoms with van der Waals surface area (Å²) >= 11 is 0. The molecule has 0 aliphatic heterocycles. The van der Waals surface area contributed by atoms with Gasteiger partial charge in [-0.15, -0.1) is 0 Å². The lowest BCUT2D eigenvalue weighted by Gasteiger charge is -2.07. The number of halogens is 2. The zero-order valence-corrected chi connectivity index (χ0v) is 6.98. The first kappa shape index (κ1) is 8.69. The molecule has 11 heavy (non-hydrogen) atoms. The molecule has 2 heteroatoms. The first-order valence-electron chi connectivity index (χ1n) is 4.04. The highest BCUT2D eigenvalue weighted by Gasteiger charge is 2.48. The lowest BCUT2D eigenvalue weighted by atomic mass is 10.1. The standard InChI is InChI=1S/C9H14F2/c1-7(2)3-4-9(5-6-9)8(10)11/h3-4,7-8H,5-6H2,1-2H3. The fraction of sp³-hybridized carbons (Fsp3) is 0.778. The smallest absolute Gasteiger partial charge is 0.210 e. The molecule has 0 unspecified atom stereocenters. The van der Waals surface area contributed by atoms with Crippen LogP contribution < -0.4 is 0 Å². The van der Waals surface area contributed by atoms with Crippen molar-refractivity contribution in [3.63, 3.8) is 0 Å². The molecule has 0 heterocycles. The Kier molecular flexibility index (Phi) is 2.31. The zero-order valence-electron chi connectivity index (χ0n) is 6.98. The molecular weight excluding hydrogens is 146 g/mol.